The van der Waals surface area contributed by atoms with E-state index in [9.17, 15) is 31.1 Å². The number of nitrogens with zero attached hydrogens (tertiary/aromatic N) is 1. The van der Waals surface area contributed by atoms with Crippen LogP contribution in [0.15, 0.2) is 23.8 Å². The summed E-state index contributed by atoms with van der Waals surface area (Å²) in [7, 11) is 0. The van der Waals surface area contributed by atoms with Gasteiger partial charge in [-0.15, -0.1) is 0 Å². The van der Waals surface area contributed by atoms with E-state index < -0.39 is 35.2 Å². The molecule has 1 aliphatic heterocycles. The summed E-state index contributed by atoms with van der Waals surface area (Å²) in [6, 6.07) is 1.60. The highest BCUT2D eigenvalue weighted by Crippen LogP contribution is 2.38. The number of carbonyl (C=O) groups excluding carboxylic acids is 1. The number of hydrogen-bond donors (Lipinski definition) is 0. The lowest BCUT2D eigenvalue weighted by Gasteiger charge is -2.31. The Morgan fingerprint density at radius 1 is 1.00 bits per heavy atom. The van der Waals surface area contributed by atoms with Gasteiger partial charge < -0.3 is 9.64 Å². The number of likely N-dealkylation sites (tertiary alicyclic amines) is 1. The maximum Gasteiger partial charge on any atom is 0.417 e. The third-order valence-electron chi connectivity index (χ3n) is 4.10. The summed E-state index contributed by atoms with van der Waals surface area (Å²) in [5.74, 6) is 0. The van der Waals surface area contributed by atoms with Crippen LogP contribution in [-0.4, -0.2) is 29.7 Å². The number of carbonyl (C=O) groups is 1. The molecular weight excluding hydrogens is 388 g/mol. The zero-order chi connectivity index (χ0) is 21.3. The Morgan fingerprint density at radius 3 is 2.04 bits per heavy atom. The number of rotatable bonds is 1. The maximum absolute atomic E-state index is 13.2. The van der Waals surface area contributed by atoms with Crippen LogP contribution in [0.2, 0.25) is 0 Å². The van der Waals surface area contributed by atoms with Crippen LogP contribution in [0, 0.1) is 0 Å². The number of ether oxygens (including phenoxy) is 1. The molecule has 0 saturated carbocycles. The molecule has 3 nitrogen and oxygen atoms in total. The first kappa shape index (κ1) is 22.1. The number of piperidine rings is 1. The molecule has 0 N–H and O–H groups in total. The fourth-order valence-electron chi connectivity index (χ4n) is 2.77. The van der Waals surface area contributed by atoms with Crippen molar-refractivity contribution in [2.24, 2.45) is 0 Å². The van der Waals surface area contributed by atoms with E-state index in [0.29, 0.717) is 24.5 Å². The molecule has 1 fully saturated rings. The van der Waals surface area contributed by atoms with E-state index in [0.717, 1.165) is 6.07 Å². The van der Waals surface area contributed by atoms with Crippen LogP contribution < -0.4 is 0 Å². The zero-order valence-corrected chi connectivity index (χ0v) is 15.7. The Morgan fingerprint density at radius 2 is 1.57 bits per heavy atom. The van der Waals surface area contributed by atoms with E-state index in [4.69, 9.17) is 4.74 Å². The van der Waals surface area contributed by atoms with Crippen LogP contribution in [-0.2, 0) is 17.1 Å². The number of benzene rings is 1. The lowest BCUT2D eigenvalue weighted by molar-refractivity contribution is -0.143. The molecule has 1 heterocycles. The summed E-state index contributed by atoms with van der Waals surface area (Å²) in [6.45, 7) is 5.71. The van der Waals surface area contributed by atoms with Crippen molar-refractivity contribution in [3.63, 3.8) is 0 Å². The second kappa shape index (κ2) is 7.67. The van der Waals surface area contributed by atoms with Gasteiger partial charge in [0, 0.05) is 13.1 Å². The Bertz CT molecular complexity index is 749. The summed E-state index contributed by atoms with van der Waals surface area (Å²) in [4.78, 5) is 13.5. The fraction of sp³-hybridized carbons (Fsp3) is 0.526. The van der Waals surface area contributed by atoms with Crippen LogP contribution in [0.4, 0.5) is 31.1 Å². The molecule has 1 saturated heterocycles. The molecule has 0 bridgehead atoms. The topological polar surface area (TPSA) is 29.5 Å². The highest BCUT2D eigenvalue weighted by atomic mass is 19.4. The zero-order valence-electron chi connectivity index (χ0n) is 15.7. The molecule has 0 aromatic heterocycles. The van der Waals surface area contributed by atoms with Crippen molar-refractivity contribution in [2.45, 2.75) is 51.6 Å². The third kappa shape index (κ3) is 5.90. The SMILES string of the molecule is CC(C)(C)OC(=O)N1CCC(=Cc2ccc(C(F)(F)F)cc2C(F)(F)F)CC1. The Kier molecular flexibility index (Phi) is 6.06. The summed E-state index contributed by atoms with van der Waals surface area (Å²) >= 11 is 0. The van der Waals surface area contributed by atoms with Crippen molar-refractivity contribution in [1.29, 1.82) is 0 Å². The average molecular weight is 409 g/mol. The van der Waals surface area contributed by atoms with Crippen LogP contribution >= 0.6 is 0 Å². The number of alkyl halides is 6. The van der Waals surface area contributed by atoms with Gasteiger partial charge in [-0.2, -0.15) is 26.3 Å². The van der Waals surface area contributed by atoms with Crippen molar-refractivity contribution in [1.82, 2.24) is 4.90 Å². The first-order valence-electron chi connectivity index (χ1n) is 8.62. The van der Waals surface area contributed by atoms with E-state index >= 15 is 0 Å². The van der Waals surface area contributed by atoms with Gasteiger partial charge in [0.05, 0.1) is 11.1 Å². The van der Waals surface area contributed by atoms with Gasteiger partial charge in [-0.1, -0.05) is 17.7 Å². The molecule has 0 spiro atoms. The van der Waals surface area contributed by atoms with E-state index in [1.807, 2.05) is 0 Å². The third-order valence-corrected chi connectivity index (χ3v) is 4.10. The Hall–Kier alpha value is -2.19. The van der Waals surface area contributed by atoms with Crippen molar-refractivity contribution in [2.75, 3.05) is 13.1 Å². The van der Waals surface area contributed by atoms with Gasteiger partial charge >= 0.3 is 18.4 Å². The molecule has 0 unspecified atom stereocenters. The molecular formula is C19H21F6NO2. The van der Waals surface area contributed by atoms with Gasteiger partial charge in [0.15, 0.2) is 0 Å². The van der Waals surface area contributed by atoms with Gasteiger partial charge in [0.2, 0.25) is 0 Å². The summed E-state index contributed by atoms with van der Waals surface area (Å²) < 4.78 is 83.2. The quantitative estimate of drug-likeness (QED) is 0.522. The first-order valence-corrected chi connectivity index (χ1v) is 8.62. The monoisotopic (exact) mass is 409 g/mol. The fourth-order valence-corrected chi connectivity index (χ4v) is 2.77. The molecule has 1 aromatic carbocycles. The van der Waals surface area contributed by atoms with Gasteiger partial charge in [0.1, 0.15) is 5.60 Å². The highest BCUT2D eigenvalue weighted by molar-refractivity contribution is 5.69. The molecule has 2 rings (SSSR count). The van der Waals surface area contributed by atoms with Gasteiger partial charge in [-0.3, -0.25) is 0 Å². The van der Waals surface area contributed by atoms with Crippen LogP contribution in [0.3, 0.4) is 0 Å². The van der Waals surface area contributed by atoms with Gasteiger partial charge in [-0.05, 0) is 51.3 Å². The normalized spacial score (nSPS) is 16.2. The van der Waals surface area contributed by atoms with Crippen molar-refractivity contribution in [3.8, 4) is 0 Å². The van der Waals surface area contributed by atoms with Crippen LogP contribution in [0.5, 0.6) is 0 Å². The predicted molar refractivity (Wildman–Crippen MR) is 91.5 cm³/mol. The molecule has 0 radical (unpaired) electrons. The minimum Gasteiger partial charge on any atom is -0.444 e. The number of halogens is 6. The summed E-state index contributed by atoms with van der Waals surface area (Å²) in [6.07, 6.45) is -8.38. The number of hydrogen-bond acceptors (Lipinski definition) is 2. The van der Waals surface area contributed by atoms with E-state index in [2.05, 4.69) is 0 Å². The summed E-state index contributed by atoms with van der Waals surface area (Å²) in [5, 5.41) is 0. The molecule has 1 aromatic rings. The smallest absolute Gasteiger partial charge is 0.417 e. The molecule has 1 aliphatic rings. The van der Waals surface area contributed by atoms with Crippen molar-refractivity contribution < 1.29 is 35.9 Å². The largest absolute Gasteiger partial charge is 0.444 e. The van der Waals surface area contributed by atoms with Crippen molar-refractivity contribution >= 4 is 12.2 Å². The molecule has 156 valence electrons. The van der Waals surface area contributed by atoms with Gasteiger partial charge in [0.25, 0.3) is 0 Å². The molecule has 1 amide bonds. The second-order valence-corrected chi connectivity index (χ2v) is 7.57. The minimum absolute atomic E-state index is 0.127. The maximum atomic E-state index is 13.2. The van der Waals surface area contributed by atoms with Crippen LogP contribution in [0.1, 0.15) is 50.3 Å². The van der Waals surface area contributed by atoms with E-state index in [1.165, 1.54) is 11.0 Å². The average Bonchev–Trinajstić information content (AvgIpc) is 2.52. The minimum atomic E-state index is -4.91. The molecule has 9 heteroatoms. The predicted octanol–water partition coefficient (Wildman–Crippen LogP) is 6.14. The van der Waals surface area contributed by atoms with Crippen LogP contribution in [0.25, 0.3) is 6.08 Å². The highest BCUT2D eigenvalue weighted by Gasteiger charge is 2.38. The van der Waals surface area contributed by atoms with Crippen molar-refractivity contribution in [3.05, 3.63) is 40.5 Å². The molecule has 28 heavy (non-hydrogen) atoms. The lowest BCUT2D eigenvalue weighted by atomic mass is 9.97. The number of amides is 1. The Labute approximate surface area is 159 Å². The van der Waals surface area contributed by atoms with E-state index in [1.54, 1.807) is 20.8 Å². The molecule has 0 aliphatic carbocycles. The summed E-state index contributed by atoms with van der Waals surface area (Å²) in [5.41, 5.74) is -3.02. The second-order valence-electron chi connectivity index (χ2n) is 7.57. The lowest BCUT2D eigenvalue weighted by Crippen LogP contribution is -2.40. The molecule has 0 atom stereocenters. The van der Waals surface area contributed by atoms with Gasteiger partial charge in [-0.25, -0.2) is 4.79 Å². The van der Waals surface area contributed by atoms with E-state index in [-0.39, 0.29) is 24.7 Å². The first-order chi connectivity index (χ1) is 12.7. The Balaban J connectivity index is 2.19. The standard InChI is InChI=1S/C19H21F6NO2/c1-17(2,3)28-16(27)26-8-6-12(7-9-26)10-13-4-5-14(18(20,21)22)11-15(13)19(23,24)25/h4-5,10-11H,6-9H2,1-3H3.